The van der Waals surface area contributed by atoms with Crippen LogP contribution in [0, 0.1) is 0 Å². The Balaban J connectivity index is 2.20. The molecule has 1 aromatic carbocycles. The van der Waals surface area contributed by atoms with Crippen LogP contribution >= 0.6 is 11.3 Å². The monoisotopic (exact) mass is 309 g/mol. The molecule has 0 saturated heterocycles. The standard InChI is InChI=1S/C13H7N7OS/c14-9-8-10(16-12-18-15-5-19(9)12)20-6-3-1-2-4-7(6)22-13(20)17-11(8)21/h1-5H,14H2. The van der Waals surface area contributed by atoms with E-state index in [9.17, 15) is 4.79 Å². The van der Waals surface area contributed by atoms with Gasteiger partial charge in [0.25, 0.3) is 11.3 Å². The van der Waals surface area contributed by atoms with E-state index in [1.54, 1.807) is 0 Å². The molecule has 4 heterocycles. The number of anilines is 1. The van der Waals surface area contributed by atoms with Crippen LogP contribution in [-0.2, 0) is 0 Å². The van der Waals surface area contributed by atoms with Crippen molar-refractivity contribution < 1.29 is 0 Å². The number of nitrogen functional groups attached to an aromatic ring is 1. The van der Waals surface area contributed by atoms with E-state index in [-0.39, 0.29) is 11.2 Å². The lowest BCUT2D eigenvalue weighted by Crippen LogP contribution is -2.14. The van der Waals surface area contributed by atoms with Gasteiger partial charge in [0.1, 0.15) is 17.5 Å². The summed E-state index contributed by atoms with van der Waals surface area (Å²) in [7, 11) is 0. The highest BCUT2D eigenvalue weighted by atomic mass is 32.1. The second-order valence-corrected chi connectivity index (χ2v) is 5.81. The number of rotatable bonds is 0. The van der Waals surface area contributed by atoms with Gasteiger partial charge in [-0.15, -0.1) is 10.2 Å². The van der Waals surface area contributed by atoms with Crippen LogP contribution in [0.2, 0.25) is 0 Å². The first-order chi connectivity index (χ1) is 10.7. The summed E-state index contributed by atoms with van der Waals surface area (Å²) in [5, 5.41) is 7.98. The number of nitrogens with two attached hydrogens (primary N) is 1. The fraction of sp³-hybridized carbons (Fsp3) is 0. The Morgan fingerprint density at radius 3 is 2.95 bits per heavy atom. The van der Waals surface area contributed by atoms with Gasteiger partial charge >= 0.3 is 0 Å². The fourth-order valence-corrected chi connectivity index (χ4v) is 3.64. The van der Waals surface area contributed by atoms with Gasteiger partial charge in [0.2, 0.25) is 0 Å². The predicted octanol–water partition coefficient (Wildman–Crippen LogP) is 1.08. The van der Waals surface area contributed by atoms with E-state index >= 15 is 0 Å². The molecule has 106 valence electrons. The summed E-state index contributed by atoms with van der Waals surface area (Å²) in [6.45, 7) is 0. The minimum absolute atomic E-state index is 0.243. The van der Waals surface area contributed by atoms with Crippen LogP contribution < -0.4 is 11.3 Å². The van der Waals surface area contributed by atoms with Crippen LogP contribution in [0.15, 0.2) is 35.4 Å². The molecule has 0 aliphatic carbocycles. The van der Waals surface area contributed by atoms with Gasteiger partial charge in [-0.3, -0.25) is 13.6 Å². The maximum atomic E-state index is 12.4. The van der Waals surface area contributed by atoms with Crippen molar-refractivity contribution in [2.75, 3.05) is 5.73 Å². The van der Waals surface area contributed by atoms with E-state index < -0.39 is 5.56 Å². The van der Waals surface area contributed by atoms with Gasteiger partial charge in [-0.1, -0.05) is 23.5 Å². The third-order valence-electron chi connectivity index (χ3n) is 3.60. The van der Waals surface area contributed by atoms with E-state index in [1.807, 2.05) is 28.7 Å². The zero-order valence-electron chi connectivity index (χ0n) is 11.0. The zero-order chi connectivity index (χ0) is 14.8. The summed E-state index contributed by atoms with van der Waals surface area (Å²) < 4.78 is 4.33. The number of para-hydroxylation sites is 1. The summed E-state index contributed by atoms with van der Waals surface area (Å²) in [6, 6.07) is 7.80. The minimum Gasteiger partial charge on any atom is -0.384 e. The summed E-state index contributed by atoms with van der Waals surface area (Å²) in [5.41, 5.74) is 7.07. The predicted molar refractivity (Wildman–Crippen MR) is 83.1 cm³/mol. The molecule has 5 aromatic rings. The number of thiazole rings is 1. The highest BCUT2D eigenvalue weighted by Crippen LogP contribution is 2.28. The topological polar surface area (TPSA) is 103 Å². The Morgan fingerprint density at radius 2 is 2.05 bits per heavy atom. The van der Waals surface area contributed by atoms with Gasteiger partial charge in [-0.2, -0.15) is 9.97 Å². The molecule has 0 spiro atoms. The first-order valence-electron chi connectivity index (χ1n) is 6.43. The zero-order valence-corrected chi connectivity index (χ0v) is 11.8. The highest BCUT2D eigenvalue weighted by Gasteiger charge is 2.17. The van der Waals surface area contributed by atoms with Gasteiger partial charge in [0.15, 0.2) is 10.6 Å². The Labute approximate surface area is 125 Å². The molecule has 0 atom stereocenters. The SMILES string of the molecule is Nc1c2c(=O)nc3sc4ccccc4n3c2nc2nncn12. The number of nitrogens with zero attached hydrogens (tertiary/aromatic N) is 6. The Kier molecular flexibility index (Phi) is 1.98. The maximum absolute atomic E-state index is 12.4. The second kappa shape index (κ2) is 3.77. The largest absolute Gasteiger partial charge is 0.384 e. The molecule has 22 heavy (non-hydrogen) atoms. The van der Waals surface area contributed by atoms with Gasteiger partial charge in [-0.05, 0) is 12.1 Å². The van der Waals surface area contributed by atoms with E-state index in [0.29, 0.717) is 16.4 Å². The van der Waals surface area contributed by atoms with E-state index in [0.717, 1.165) is 10.2 Å². The molecule has 0 aliphatic rings. The first kappa shape index (κ1) is 11.6. The summed E-state index contributed by atoms with van der Waals surface area (Å²) in [5.74, 6) is 0.590. The maximum Gasteiger partial charge on any atom is 0.287 e. The molecule has 0 radical (unpaired) electrons. The number of hydrogen-bond donors (Lipinski definition) is 1. The minimum atomic E-state index is -0.401. The molecule has 4 aromatic heterocycles. The number of aromatic nitrogens is 6. The fourth-order valence-electron chi connectivity index (χ4n) is 2.62. The third kappa shape index (κ3) is 1.28. The summed E-state index contributed by atoms with van der Waals surface area (Å²) in [4.78, 5) is 21.5. The lowest BCUT2D eigenvalue weighted by Gasteiger charge is -2.05. The van der Waals surface area contributed by atoms with Crippen molar-refractivity contribution in [2.24, 2.45) is 0 Å². The van der Waals surface area contributed by atoms with Crippen LogP contribution in [-0.4, -0.2) is 29.0 Å². The van der Waals surface area contributed by atoms with Crippen LogP contribution in [0.4, 0.5) is 5.82 Å². The summed E-state index contributed by atoms with van der Waals surface area (Å²) in [6.07, 6.45) is 1.43. The Morgan fingerprint density at radius 1 is 1.18 bits per heavy atom. The molecule has 0 saturated carbocycles. The lowest BCUT2D eigenvalue weighted by molar-refractivity contribution is 1.09. The molecule has 0 aliphatic heterocycles. The van der Waals surface area contributed by atoms with Crippen LogP contribution in [0.25, 0.3) is 32.0 Å². The molecule has 0 fully saturated rings. The molecular weight excluding hydrogens is 302 g/mol. The van der Waals surface area contributed by atoms with Gasteiger partial charge in [-0.25, -0.2) is 0 Å². The van der Waals surface area contributed by atoms with Crippen molar-refractivity contribution in [2.45, 2.75) is 0 Å². The Hall–Kier alpha value is -3.07. The quantitative estimate of drug-likeness (QED) is 0.459. The van der Waals surface area contributed by atoms with Crippen molar-refractivity contribution in [3.8, 4) is 0 Å². The van der Waals surface area contributed by atoms with Crippen molar-refractivity contribution in [1.29, 1.82) is 0 Å². The number of benzene rings is 1. The first-order valence-corrected chi connectivity index (χ1v) is 7.25. The average Bonchev–Trinajstić information content (AvgIpc) is 3.10. The molecule has 0 bridgehead atoms. The lowest BCUT2D eigenvalue weighted by atomic mass is 10.3. The van der Waals surface area contributed by atoms with Gasteiger partial charge in [0.05, 0.1) is 10.2 Å². The van der Waals surface area contributed by atoms with E-state index in [4.69, 9.17) is 5.73 Å². The van der Waals surface area contributed by atoms with Gasteiger partial charge in [0, 0.05) is 0 Å². The molecule has 0 unspecified atom stereocenters. The highest BCUT2D eigenvalue weighted by molar-refractivity contribution is 7.23. The molecule has 2 N–H and O–H groups in total. The second-order valence-electron chi connectivity index (χ2n) is 4.80. The van der Waals surface area contributed by atoms with E-state index in [1.165, 1.54) is 22.1 Å². The molecule has 8 nitrogen and oxygen atoms in total. The smallest absolute Gasteiger partial charge is 0.287 e. The number of fused-ring (bicyclic) bond motifs is 6. The van der Waals surface area contributed by atoms with Crippen molar-refractivity contribution in [3.05, 3.63) is 40.9 Å². The summed E-state index contributed by atoms with van der Waals surface area (Å²) >= 11 is 1.43. The Bertz CT molecular complexity index is 1270. The van der Waals surface area contributed by atoms with Crippen LogP contribution in [0.1, 0.15) is 0 Å². The van der Waals surface area contributed by atoms with Gasteiger partial charge < -0.3 is 5.73 Å². The normalized spacial score (nSPS) is 12.0. The third-order valence-corrected chi connectivity index (χ3v) is 4.62. The average molecular weight is 309 g/mol. The van der Waals surface area contributed by atoms with Crippen molar-refractivity contribution in [1.82, 2.24) is 29.0 Å². The molecule has 5 rings (SSSR count). The molecule has 0 amide bonds. The van der Waals surface area contributed by atoms with Crippen LogP contribution in [0.3, 0.4) is 0 Å². The number of hydrogen-bond acceptors (Lipinski definition) is 7. The van der Waals surface area contributed by atoms with Crippen molar-refractivity contribution >= 4 is 49.1 Å². The molecule has 9 heteroatoms. The molecular formula is C13H7N7OS. The van der Waals surface area contributed by atoms with Crippen molar-refractivity contribution in [3.63, 3.8) is 0 Å². The van der Waals surface area contributed by atoms with Crippen LogP contribution in [0.5, 0.6) is 0 Å². The van der Waals surface area contributed by atoms with E-state index in [2.05, 4.69) is 20.2 Å².